The standard InChI is InChI=1S/C13H10F3N5O/c14-13(15,16)9-4-3-8(5-17)11(19-9)18-6-10-20-21-12(22-10)7-1-2-7/h3-4,7H,1-2,6H2,(H,18,19). The third-order valence-electron chi connectivity index (χ3n) is 3.12. The van der Waals surface area contributed by atoms with Gasteiger partial charge >= 0.3 is 6.18 Å². The summed E-state index contributed by atoms with van der Waals surface area (Å²) in [6.45, 7) is 0.00269. The van der Waals surface area contributed by atoms with Crippen LogP contribution in [0, 0.1) is 11.3 Å². The number of hydrogen-bond donors (Lipinski definition) is 1. The fraction of sp³-hybridized carbons (Fsp3) is 0.385. The predicted molar refractivity (Wildman–Crippen MR) is 67.6 cm³/mol. The van der Waals surface area contributed by atoms with E-state index in [0.29, 0.717) is 11.8 Å². The molecule has 0 spiro atoms. The molecule has 0 saturated heterocycles. The summed E-state index contributed by atoms with van der Waals surface area (Å²) in [5, 5.41) is 19.2. The van der Waals surface area contributed by atoms with Crippen molar-refractivity contribution in [3.05, 3.63) is 35.2 Å². The Hall–Kier alpha value is -2.63. The molecule has 0 bridgehead atoms. The van der Waals surface area contributed by atoms with Gasteiger partial charge in [0.25, 0.3) is 0 Å². The van der Waals surface area contributed by atoms with E-state index < -0.39 is 11.9 Å². The van der Waals surface area contributed by atoms with Crippen LogP contribution in [-0.4, -0.2) is 15.2 Å². The van der Waals surface area contributed by atoms with Crippen LogP contribution in [0.5, 0.6) is 0 Å². The molecule has 9 heteroatoms. The molecule has 6 nitrogen and oxygen atoms in total. The molecule has 22 heavy (non-hydrogen) atoms. The second-order valence-corrected chi connectivity index (χ2v) is 4.86. The third kappa shape index (κ3) is 3.00. The van der Waals surface area contributed by atoms with Gasteiger partial charge in [0, 0.05) is 5.92 Å². The maximum Gasteiger partial charge on any atom is 0.433 e. The molecule has 0 aliphatic heterocycles. The lowest BCUT2D eigenvalue weighted by Gasteiger charge is -2.09. The smallest absolute Gasteiger partial charge is 0.423 e. The lowest BCUT2D eigenvalue weighted by molar-refractivity contribution is -0.141. The van der Waals surface area contributed by atoms with Gasteiger partial charge in [-0.15, -0.1) is 10.2 Å². The fourth-order valence-electron chi connectivity index (χ4n) is 1.83. The molecule has 1 aliphatic carbocycles. The Morgan fingerprint density at radius 2 is 2.09 bits per heavy atom. The maximum atomic E-state index is 12.7. The topological polar surface area (TPSA) is 87.6 Å². The Bertz CT molecular complexity index is 730. The second-order valence-electron chi connectivity index (χ2n) is 4.86. The lowest BCUT2D eigenvalue weighted by Crippen LogP contribution is -2.11. The molecule has 2 aromatic heterocycles. The summed E-state index contributed by atoms with van der Waals surface area (Å²) >= 11 is 0. The highest BCUT2D eigenvalue weighted by Crippen LogP contribution is 2.39. The number of rotatable bonds is 4. The Morgan fingerprint density at radius 1 is 1.32 bits per heavy atom. The van der Waals surface area contributed by atoms with Crippen molar-refractivity contribution in [3.8, 4) is 6.07 Å². The molecule has 2 aromatic rings. The van der Waals surface area contributed by atoms with E-state index in [1.165, 1.54) is 0 Å². The highest BCUT2D eigenvalue weighted by molar-refractivity contribution is 5.52. The largest absolute Gasteiger partial charge is 0.433 e. The van der Waals surface area contributed by atoms with E-state index >= 15 is 0 Å². The number of aromatic nitrogens is 3. The van der Waals surface area contributed by atoms with Crippen molar-refractivity contribution < 1.29 is 17.6 Å². The molecule has 1 N–H and O–H groups in total. The molecule has 0 radical (unpaired) electrons. The van der Waals surface area contributed by atoms with Crippen LogP contribution in [-0.2, 0) is 12.7 Å². The van der Waals surface area contributed by atoms with E-state index in [9.17, 15) is 13.2 Å². The average molecular weight is 309 g/mol. The third-order valence-corrected chi connectivity index (χ3v) is 3.12. The number of nitrogens with zero attached hydrogens (tertiary/aromatic N) is 4. The van der Waals surface area contributed by atoms with E-state index in [2.05, 4.69) is 20.5 Å². The lowest BCUT2D eigenvalue weighted by atomic mass is 10.2. The van der Waals surface area contributed by atoms with Crippen LogP contribution in [0.3, 0.4) is 0 Å². The molecule has 1 saturated carbocycles. The summed E-state index contributed by atoms with van der Waals surface area (Å²) in [4.78, 5) is 3.44. The molecular formula is C13H10F3N5O. The summed E-state index contributed by atoms with van der Waals surface area (Å²) in [6, 6.07) is 3.62. The van der Waals surface area contributed by atoms with Crippen molar-refractivity contribution in [3.63, 3.8) is 0 Å². The van der Waals surface area contributed by atoms with Crippen LogP contribution in [0.1, 0.15) is 41.8 Å². The predicted octanol–water partition coefficient (Wildman–Crippen LogP) is 2.84. The number of anilines is 1. The van der Waals surface area contributed by atoms with Gasteiger partial charge < -0.3 is 9.73 Å². The molecule has 1 aliphatic rings. The van der Waals surface area contributed by atoms with Gasteiger partial charge in [-0.25, -0.2) is 4.98 Å². The number of nitrogens with one attached hydrogen (secondary N) is 1. The van der Waals surface area contributed by atoms with Crippen molar-refractivity contribution in [2.24, 2.45) is 0 Å². The zero-order valence-electron chi connectivity index (χ0n) is 11.2. The van der Waals surface area contributed by atoms with Gasteiger partial charge in [-0.05, 0) is 25.0 Å². The molecule has 0 atom stereocenters. The first-order chi connectivity index (χ1) is 10.5. The zero-order chi connectivity index (χ0) is 15.7. The second kappa shape index (κ2) is 5.29. The molecule has 1 fully saturated rings. The van der Waals surface area contributed by atoms with Gasteiger partial charge in [-0.3, -0.25) is 0 Å². The Balaban J connectivity index is 1.76. The number of pyridine rings is 1. The first-order valence-corrected chi connectivity index (χ1v) is 6.52. The van der Waals surface area contributed by atoms with E-state index in [4.69, 9.17) is 9.68 Å². The Kier molecular flexibility index (Phi) is 3.44. The number of hydrogen-bond acceptors (Lipinski definition) is 6. The van der Waals surface area contributed by atoms with Gasteiger partial charge in [-0.2, -0.15) is 18.4 Å². The summed E-state index contributed by atoms with van der Waals surface area (Å²) in [5.41, 5.74) is -1.06. The Morgan fingerprint density at radius 3 is 2.73 bits per heavy atom. The minimum atomic E-state index is -4.58. The quantitative estimate of drug-likeness (QED) is 0.934. The van der Waals surface area contributed by atoms with Gasteiger partial charge in [0.1, 0.15) is 17.6 Å². The highest BCUT2D eigenvalue weighted by atomic mass is 19.4. The summed E-state index contributed by atoms with van der Waals surface area (Å²) < 4.78 is 43.3. The van der Waals surface area contributed by atoms with Crippen LogP contribution >= 0.6 is 0 Å². The minimum absolute atomic E-state index is 0.00269. The average Bonchev–Trinajstić information content (AvgIpc) is 3.23. The van der Waals surface area contributed by atoms with Crippen LogP contribution < -0.4 is 5.32 Å². The highest BCUT2D eigenvalue weighted by Gasteiger charge is 2.33. The normalized spacial score (nSPS) is 14.6. The van der Waals surface area contributed by atoms with Crippen molar-refractivity contribution in [2.75, 3.05) is 5.32 Å². The summed E-state index contributed by atoms with van der Waals surface area (Å²) in [7, 11) is 0. The molecule has 2 heterocycles. The molecule has 3 rings (SSSR count). The Labute approximate surface area is 123 Å². The first-order valence-electron chi connectivity index (χ1n) is 6.52. The monoisotopic (exact) mass is 309 g/mol. The fourth-order valence-corrected chi connectivity index (χ4v) is 1.83. The van der Waals surface area contributed by atoms with Crippen molar-refractivity contribution in [1.29, 1.82) is 5.26 Å². The van der Waals surface area contributed by atoms with Crippen LogP contribution in [0.15, 0.2) is 16.5 Å². The minimum Gasteiger partial charge on any atom is -0.423 e. The summed E-state index contributed by atoms with van der Waals surface area (Å²) in [6.07, 6.45) is -2.57. The first kappa shape index (κ1) is 14.3. The molecule has 0 amide bonds. The van der Waals surface area contributed by atoms with Gasteiger partial charge in [0.2, 0.25) is 11.8 Å². The van der Waals surface area contributed by atoms with Crippen molar-refractivity contribution in [1.82, 2.24) is 15.2 Å². The van der Waals surface area contributed by atoms with E-state index in [1.54, 1.807) is 6.07 Å². The van der Waals surface area contributed by atoms with Crippen LogP contribution in [0.2, 0.25) is 0 Å². The molecule has 0 unspecified atom stereocenters. The SMILES string of the molecule is N#Cc1ccc(C(F)(F)F)nc1NCc1nnc(C2CC2)o1. The van der Waals surface area contributed by atoms with E-state index in [-0.39, 0.29) is 23.8 Å². The molecule has 0 aromatic carbocycles. The molecular weight excluding hydrogens is 299 g/mol. The number of alkyl halides is 3. The van der Waals surface area contributed by atoms with Gasteiger partial charge in [0.15, 0.2) is 0 Å². The number of halogens is 3. The van der Waals surface area contributed by atoms with E-state index in [0.717, 1.165) is 25.0 Å². The summed E-state index contributed by atoms with van der Waals surface area (Å²) in [5.74, 6) is 0.908. The maximum absolute atomic E-state index is 12.7. The zero-order valence-corrected chi connectivity index (χ0v) is 11.2. The molecule has 114 valence electrons. The van der Waals surface area contributed by atoms with E-state index in [1.807, 2.05) is 0 Å². The van der Waals surface area contributed by atoms with Crippen molar-refractivity contribution in [2.45, 2.75) is 31.5 Å². The van der Waals surface area contributed by atoms with Gasteiger partial charge in [-0.1, -0.05) is 0 Å². The van der Waals surface area contributed by atoms with Crippen molar-refractivity contribution >= 4 is 5.82 Å². The van der Waals surface area contributed by atoms with Crippen LogP contribution in [0.25, 0.3) is 0 Å². The van der Waals surface area contributed by atoms with Gasteiger partial charge in [0.05, 0.1) is 12.1 Å². The van der Waals surface area contributed by atoms with Crippen LogP contribution in [0.4, 0.5) is 19.0 Å². The number of nitriles is 1.